The zero-order valence-corrected chi connectivity index (χ0v) is 41.3. The quantitative estimate of drug-likeness (QED) is 0.0483. The minimum Gasteiger partial charge on any atom is -0.744 e. The zero-order chi connectivity index (χ0) is 51.1. The molecule has 2 aliphatic heterocycles. The van der Waals surface area contributed by atoms with Crippen LogP contribution in [0.3, 0.4) is 0 Å². The zero-order valence-electron chi connectivity index (χ0n) is 37.2. The SMILES string of the molecule is CCN1C(=CC=CC=CC2=[N+](CCCCCC(=O)O)c3ccc4c(S(=O)(=O)[O-])cc(S(=O)(=O)[O-])cc4c3C2(C)CCCS(=O)(=O)O)C(CCOC)c2c1ccc1c(S(=O)(=O)[O-])cc(S(=O)(=O)[O-])cc21. The number of hydrogen-bond donors (Lipinski definition) is 2. The van der Waals surface area contributed by atoms with Crippen molar-refractivity contribution in [3.63, 3.8) is 0 Å². The maximum atomic E-state index is 12.6. The van der Waals surface area contributed by atoms with Gasteiger partial charge in [0.1, 0.15) is 47.0 Å². The average molecular weight is 1050 g/mol. The first-order chi connectivity index (χ1) is 32.0. The minimum atomic E-state index is -5.39. The number of allylic oxidation sites excluding steroid dienone is 6. The predicted molar refractivity (Wildman–Crippen MR) is 247 cm³/mol. The van der Waals surface area contributed by atoms with Gasteiger partial charge in [-0.15, -0.1) is 0 Å². The van der Waals surface area contributed by atoms with Gasteiger partial charge in [-0.25, -0.2) is 33.7 Å². The molecule has 6 rings (SSSR count). The predicted octanol–water partition coefficient (Wildman–Crippen LogP) is 4.94. The van der Waals surface area contributed by atoms with Crippen molar-refractivity contribution in [1.29, 1.82) is 0 Å². The maximum absolute atomic E-state index is 12.6. The fourth-order valence-corrected chi connectivity index (χ4v) is 12.6. The molecule has 2 heterocycles. The lowest BCUT2D eigenvalue weighted by Crippen LogP contribution is -2.32. The molecule has 0 saturated heterocycles. The van der Waals surface area contributed by atoms with Gasteiger partial charge in [0.2, 0.25) is 5.69 Å². The van der Waals surface area contributed by atoms with Crippen molar-refractivity contribution in [3.8, 4) is 0 Å². The molecular weight excluding hydrogens is 1000 g/mol. The lowest BCUT2D eigenvalue weighted by atomic mass is 9.74. The summed E-state index contributed by atoms with van der Waals surface area (Å²) in [5.74, 6) is -2.30. The molecule has 0 amide bonds. The summed E-state index contributed by atoms with van der Waals surface area (Å²) >= 11 is 0. The van der Waals surface area contributed by atoms with Crippen molar-refractivity contribution in [2.45, 2.75) is 89.7 Å². The normalized spacial score (nSPS) is 18.7. The topological polar surface area (TPSA) is 336 Å². The highest BCUT2D eigenvalue weighted by molar-refractivity contribution is 7.87. The van der Waals surface area contributed by atoms with Crippen molar-refractivity contribution in [3.05, 3.63) is 95.7 Å². The molecule has 2 unspecified atom stereocenters. The minimum absolute atomic E-state index is 0.0617. The number of unbranched alkanes of at least 4 members (excludes halogenated alkanes) is 2. The van der Waals surface area contributed by atoms with Crippen LogP contribution in [0.2, 0.25) is 0 Å². The van der Waals surface area contributed by atoms with E-state index in [4.69, 9.17) is 4.74 Å². The number of nitrogens with zero attached hydrogens (tertiary/aromatic N) is 2. The van der Waals surface area contributed by atoms with Gasteiger partial charge in [0.15, 0.2) is 5.71 Å². The largest absolute Gasteiger partial charge is 0.744 e. The van der Waals surface area contributed by atoms with E-state index in [1.165, 1.54) is 25.3 Å². The van der Waals surface area contributed by atoms with E-state index in [9.17, 15) is 74.8 Å². The highest BCUT2D eigenvalue weighted by Crippen LogP contribution is 2.51. The number of benzene rings is 4. The lowest BCUT2D eigenvalue weighted by molar-refractivity contribution is -0.438. The summed E-state index contributed by atoms with van der Waals surface area (Å²) in [4.78, 5) is 9.39. The average Bonchev–Trinajstić information content (AvgIpc) is 3.67. The molecule has 25 heteroatoms. The number of aliphatic carboxylic acids is 1. The van der Waals surface area contributed by atoms with E-state index in [2.05, 4.69) is 0 Å². The molecule has 0 bridgehead atoms. The van der Waals surface area contributed by atoms with Crippen molar-refractivity contribution >= 4 is 95.2 Å². The number of ether oxygens (including phenoxy) is 1. The molecule has 2 atom stereocenters. The van der Waals surface area contributed by atoms with Gasteiger partial charge in [-0.1, -0.05) is 24.3 Å². The number of carboxylic acids is 1. The maximum Gasteiger partial charge on any atom is 0.303 e. The number of anilines is 1. The lowest BCUT2D eigenvalue weighted by Gasteiger charge is -2.25. The number of carbonyl (C=O) groups is 1. The van der Waals surface area contributed by atoms with Crippen LogP contribution in [0, 0.1) is 0 Å². The van der Waals surface area contributed by atoms with Crippen LogP contribution >= 0.6 is 0 Å². The molecule has 2 aliphatic rings. The molecule has 0 aromatic heterocycles. The van der Waals surface area contributed by atoms with Crippen LogP contribution in [0.4, 0.5) is 11.4 Å². The number of hydrogen-bond acceptors (Lipinski definition) is 17. The fourth-order valence-electron chi connectivity index (χ4n) is 9.44. The third kappa shape index (κ3) is 11.5. The molecule has 0 aliphatic carbocycles. The number of methoxy groups -OCH3 is 1. The molecule has 0 radical (unpaired) electrons. The van der Waals surface area contributed by atoms with E-state index in [0.29, 0.717) is 66.3 Å². The summed E-state index contributed by atoms with van der Waals surface area (Å²) < 4.78 is 190. The van der Waals surface area contributed by atoms with Gasteiger partial charge >= 0.3 is 5.97 Å². The molecule has 20 nitrogen and oxygen atoms in total. The van der Waals surface area contributed by atoms with Gasteiger partial charge in [-0.2, -0.15) is 13.0 Å². The van der Waals surface area contributed by atoms with Gasteiger partial charge in [0, 0.05) is 73.5 Å². The summed E-state index contributed by atoms with van der Waals surface area (Å²) in [5.41, 5.74) is 1.38. The second-order valence-electron chi connectivity index (χ2n) is 16.7. The summed E-state index contributed by atoms with van der Waals surface area (Å²) in [5, 5.41) is 8.90. The molecule has 0 fully saturated rings. The molecule has 2 N–H and O–H groups in total. The second kappa shape index (κ2) is 20.1. The van der Waals surface area contributed by atoms with Gasteiger partial charge in [-0.05, 0) is 110 Å². The Bertz CT molecular complexity index is 3460. The van der Waals surface area contributed by atoms with Crippen molar-refractivity contribution in [1.82, 2.24) is 0 Å². The highest BCUT2D eigenvalue weighted by Gasteiger charge is 2.49. The Balaban J connectivity index is 1.52. The Hall–Kier alpha value is -4.93. The first-order valence-corrected chi connectivity index (χ1v) is 28.5. The van der Waals surface area contributed by atoms with Crippen LogP contribution in [0.1, 0.15) is 75.8 Å². The van der Waals surface area contributed by atoms with Crippen LogP contribution in [0.5, 0.6) is 0 Å². The summed E-state index contributed by atoms with van der Waals surface area (Å²) in [6, 6.07) is 8.79. The molecule has 4 aromatic carbocycles. The number of likely N-dealkylation sites (N-methyl/N-ethyl adjacent to an activating group) is 1. The summed E-state index contributed by atoms with van der Waals surface area (Å²) in [6.07, 6.45) is 9.37. The van der Waals surface area contributed by atoms with E-state index in [1.807, 2.05) is 11.8 Å². The van der Waals surface area contributed by atoms with Crippen molar-refractivity contribution in [2.24, 2.45) is 0 Å². The third-order valence-corrected chi connectivity index (χ3v) is 16.5. The molecule has 4 aromatic rings. The molecular formula is C44H47N2O18S5-3. The third-order valence-electron chi connectivity index (χ3n) is 12.3. The summed E-state index contributed by atoms with van der Waals surface area (Å²) in [6.45, 7) is 4.22. The first kappa shape index (κ1) is 53.4. The van der Waals surface area contributed by atoms with Crippen LogP contribution in [0.15, 0.2) is 104 Å². The molecule has 0 saturated carbocycles. The van der Waals surface area contributed by atoms with E-state index in [1.54, 1.807) is 47.9 Å². The van der Waals surface area contributed by atoms with Crippen LogP contribution in [-0.4, -0.2) is 119 Å². The molecule has 0 spiro atoms. The Morgan fingerprint density at radius 3 is 1.91 bits per heavy atom. The Morgan fingerprint density at radius 1 is 0.768 bits per heavy atom. The fraction of sp³-hybridized carbons (Fsp3) is 0.364. The van der Waals surface area contributed by atoms with Gasteiger partial charge in [0.25, 0.3) is 10.1 Å². The van der Waals surface area contributed by atoms with E-state index < -0.39 is 93.2 Å². The van der Waals surface area contributed by atoms with E-state index in [-0.39, 0.29) is 65.9 Å². The summed E-state index contributed by atoms with van der Waals surface area (Å²) in [7, 11) is -24.3. The number of carboxylic acid groups (broad SMARTS) is 1. The molecule has 69 heavy (non-hydrogen) atoms. The second-order valence-corrected chi connectivity index (χ2v) is 23.7. The Kier molecular flexibility index (Phi) is 15.5. The van der Waals surface area contributed by atoms with Gasteiger partial charge in [0.05, 0.1) is 30.7 Å². The van der Waals surface area contributed by atoms with Crippen LogP contribution in [-0.2, 0) is 65.5 Å². The van der Waals surface area contributed by atoms with Crippen LogP contribution < -0.4 is 4.90 Å². The van der Waals surface area contributed by atoms with Crippen LogP contribution in [0.25, 0.3) is 21.5 Å². The molecule has 374 valence electrons. The smallest absolute Gasteiger partial charge is 0.303 e. The van der Waals surface area contributed by atoms with Crippen molar-refractivity contribution < 1.29 is 84.1 Å². The standard InChI is InChI=1S/C44H50N2O18S5/c1-4-45-35(32(19-22-64-3)42-33-24-28(66(52,53)54)26-38(68(58,59)60)30(33)15-17-36(42)45)12-7-5-8-13-40-44(2,20-11-23-65(49,50)51)43-34-25-29(67(55,56)57)27-39(69(61,62)63)31(34)16-18-37(43)46(40)21-10-6-9-14-41(47)48/h5,7-8,12-13,15-18,24-27,32H,4,6,9-11,14,19-23H2,1-3H3,(H5-,47,48,49,50,51,52,53,54,55,56,57,58,59,60,61,62,63)/p-3. The van der Waals surface area contributed by atoms with Gasteiger partial charge < -0.3 is 33.0 Å². The van der Waals surface area contributed by atoms with E-state index in [0.717, 1.165) is 12.1 Å². The monoisotopic (exact) mass is 1050 g/mol. The first-order valence-electron chi connectivity index (χ1n) is 21.2. The Labute approximate surface area is 400 Å². The van der Waals surface area contributed by atoms with Crippen molar-refractivity contribution in [2.75, 3.05) is 37.5 Å². The van der Waals surface area contributed by atoms with E-state index >= 15 is 0 Å². The Morgan fingerprint density at radius 2 is 1.36 bits per heavy atom. The highest BCUT2D eigenvalue weighted by atomic mass is 32.2. The van der Waals surface area contributed by atoms with Gasteiger partial charge in [-0.3, -0.25) is 9.35 Å². The number of fused-ring (bicyclic) bond motifs is 6. The number of rotatable bonds is 21.